The van der Waals surface area contributed by atoms with Gasteiger partial charge in [-0.25, -0.2) is 4.79 Å². The van der Waals surface area contributed by atoms with Crippen LogP contribution in [0.3, 0.4) is 0 Å². The molecule has 0 saturated heterocycles. The van der Waals surface area contributed by atoms with Crippen molar-refractivity contribution in [2.75, 3.05) is 5.32 Å². The number of carboxylic acid groups (broad SMARTS) is 1. The number of benzene rings is 1. The molecule has 0 bridgehead atoms. The van der Waals surface area contributed by atoms with Gasteiger partial charge >= 0.3 is 5.97 Å². The molecule has 1 aliphatic rings. The van der Waals surface area contributed by atoms with E-state index in [1.54, 1.807) is 12.1 Å². The summed E-state index contributed by atoms with van der Waals surface area (Å²) in [6, 6.07) is 5.32. The maximum atomic E-state index is 11.1. The number of carbonyl (C=O) groups is 1. The summed E-state index contributed by atoms with van der Waals surface area (Å²) in [6.45, 7) is 5.53. The zero-order valence-corrected chi connectivity index (χ0v) is 13.0. The maximum absolute atomic E-state index is 11.1. The summed E-state index contributed by atoms with van der Waals surface area (Å²) < 4.78 is 1.98. The molecule has 116 valence electrons. The zero-order valence-electron chi connectivity index (χ0n) is 13.0. The standard InChI is InChI=1S/C17H21N3O2/c1-3-20-10-14(16(19-20)12-4-5-12)9-18-15-7-11(2)6-13(8-15)17(21)22/h6-8,10,12,18H,3-5,9H2,1-2H3,(H,21,22). The molecule has 2 N–H and O–H groups in total. The summed E-state index contributed by atoms with van der Waals surface area (Å²) in [5.74, 6) is -0.291. The van der Waals surface area contributed by atoms with Crippen molar-refractivity contribution in [2.24, 2.45) is 0 Å². The van der Waals surface area contributed by atoms with Crippen LogP contribution >= 0.6 is 0 Å². The van der Waals surface area contributed by atoms with Crippen LogP contribution in [0.15, 0.2) is 24.4 Å². The van der Waals surface area contributed by atoms with Crippen molar-refractivity contribution < 1.29 is 9.90 Å². The molecule has 0 radical (unpaired) electrons. The van der Waals surface area contributed by atoms with E-state index in [9.17, 15) is 4.79 Å². The third kappa shape index (κ3) is 3.13. The molecule has 1 aromatic heterocycles. The van der Waals surface area contributed by atoms with Crippen LogP contribution in [-0.4, -0.2) is 20.9 Å². The molecular weight excluding hydrogens is 278 g/mol. The van der Waals surface area contributed by atoms with Crippen LogP contribution in [0.2, 0.25) is 0 Å². The van der Waals surface area contributed by atoms with Gasteiger partial charge in [-0.3, -0.25) is 4.68 Å². The average molecular weight is 299 g/mol. The minimum Gasteiger partial charge on any atom is -0.478 e. The Hall–Kier alpha value is -2.30. The Morgan fingerprint density at radius 1 is 1.41 bits per heavy atom. The van der Waals surface area contributed by atoms with Crippen molar-refractivity contribution in [3.8, 4) is 0 Å². The third-order valence-electron chi connectivity index (χ3n) is 3.97. The van der Waals surface area contributed by atoms with Gasteiger partial charge in [0.15, 0.2) is 0 Å². The molecule has 1 aliphatic carbocycles. The lowest BCUT2D eigenvalue weighted by Gasteiger charge is -2.08. The van der Waals surface area contributed by atoms with Gasteiger partial charge in [-0.1, -0.05) is 0 Å². The smallest absolute Gasteiger partial charge is 0.335 e. The van der Waals surface area contributed by atoms with Gasteiger partial charge in [-0.15, -0.1) is 0 Å². The first-order valence-corrected chi connectivity index (χ1v) is 7.72. The summed E-state index contributed by atoms with van der Waals surface area (Å²) in [4.78, 5) is 11.1. The summed E-state index contributed by atoms with van der Waals surface area (Å²) in [6.07, 6.45) is 4.54. The van der Waals surface area contributed by atoms with Crippen molar-refractivity contribution >= 4 is 11.7 Å². The molecule has 0 atom stereocenters. The second-order valence-electron chi connectivity index (χ2n) is 5.92. The quantitative estimate of drug-likeness (QED) is 0.858. The highest BCUT2D eigenvalue weighted by Gasteiger charge is 2.28. The molecule has 1 heterocycles. The van der Waals surface area contributed by atoms with E-state index in [-0.39, 0.29) is 0 Å². The Balaban J connectivity index is 1.77. The number of hydrogen-bond acceptors (Lipinski definition) is 3. The highest BCUT2D eigenvalue weighted by Crippen LogP contribution is 2.40. The predicted octanol–water partition coefficient (Wildman–Crippen LogP) is 3.40. The van der Waals surface area contributed by atoms with Crippen molar-refractivity contribution in [1.29, 1.82) is 0 Å². The molecule has 2 aromatic rings. The largest absolute Gasteiger partial charge is 0.478 e. The first-order chi connectivity index (χ1) is 10.6. The Bertz CT molecular complexity index is 702. The van der Waals surface area contributed by atoms with Crippen molar-refractivity contribution in [1.82, 2.24) is 9.78 Å². The molecule has 22 heavy (non-hydrogen) atoms. The van der Waals surface area contributed by atoms with Gasteiger partial charge in [0.2, 0.25) is 0 Å². The summed E-state index contributed by atoms with van der Waals surface area (Å²) in [5, 5.41) is 17.1. The van der Waals surface area contributed by atoms with Gasteiger partial charge in [-0.2, -0.15) is 5.10 Å². The van der Waals surface area contributed by atoms with Gasteiger partial charge < -0.3 is 10.4 Å². The fourth-order valence-corrected chi connectivity index (χ4v) is 2.68. The van der Waals surface area contributed by atoms with E-state index in [0.717, 1.165) is 17.8 Å². The van der Waals surface area contributed by atoms with E-state index in [4.69, 9.17) is 5.11 Å². The van der Waals surface area contributed by atoms with Crippen LogP contribution < -0.4 is 5.32 Å². The van der Waals surface area contributed by atoms with E-state index < -0.39 is 5.97 Å². The molecule has 5 nitrogen and oxygen atoms in total. The molecule has 3 rings (SSSR count). The number of aryl methyl sites for hydroxylation is 2. The maximum Gasteiger partial charge on any atom is 0.335 e. The van der Waals surface area contributed by atoms with Crippen LogP contribution in [0.1, 0.15) is 52.9 Å². The van der Waals surface area contributed by atoms with Gasteiger partial charge in [0.1, 0.15) is 0 Å². The van der Waals surface area contributed by atoms with Crippen molar-refractivity contribution in [2.45, 2.75) is 45.7 Å². The number of rotatable bonds is 6. The molecule has 0 aliphatic heterocycles. The van der Waals surface area contributed by atoms with Crippen molar-refractivity contribution in [3.63, 3.8) is 0 Å². The molecular formula is C17H21N3O2. The monoisotopic (exact) mass is 299 g/mol. The summed E-state index contributed by atoms with van der Waals surface area (Å²) >= 11 is 0. The fraction of sp³-hybridized carbons (Fsp3) is 0.412. The number of nitrogens with zero attached hydrogens (tertiary/aromatic N) is 2. The lowest BCUT2D eigenvalue weighted by molar-refractivity contribution is 0.0697. The van der Waals surface area contributed by atoms with E-state index in [1.807, 2.05) is 17.7 Å². The number of carboxylic acids is 1. The van der Waals surface area contributed by atoms with Crippen molar-refractivity contribution in [3.05, 3.63) is 46.8 Å². The van der Waals surface area contributed by atoms with Crippen LogP contribution in [0, 0.1) is 6.92 Å². The Kier molecular flexibility index (Phi) is 3.88. The highest BCUT2D eigenvalue weighted by atomic mass is 16.4. The molecule has 0 unspecified atom stereocenters. The first-order valence-electron chi connectivity index (χ1n) is 7.72. The fourth-order valence-electron chi connectivity index (χ4n) is 2.68. The van der Waals surface area contributed by atoms with Crippen LogP contribution in [0.5, 0.6) is 0 Å². The van der Waals surface area contributed by atoms with Crippen LogP contribution in [-0.2, 0) is 13.1 Å². The molecule has 0 amide bonds. The molecule has 1 aromatic carbocycles. The third-order valence-corrected chi connectivity index (χ3v) is 3.97. The summed E-state index contributed by atoms with van der Waals surface area (Å²) in [7, 11) is 0. The zero-order chi connectivity index (χ0) is 15.7. The number of aromatic nitrogens is 2. The number of aromatic carboxylic acids is 1. The van der Waals surface area contributed by atoms with E-state index >= 15 is 0 Å². The second kappa shape index (κ2) is 5.83. The van der Waals surface area contributed by atoms with Gasteiger partial charge in [0.05, 0.1) is 11.3 Å². The summed E-state index contributed by atoms with van der Waals surface area (Å²) in [5.41, 5.74) is 4.50. The normalized spacial score (nSPS) is 14.1. The first kappa shape index (κ1) is 14.6. The Labute approximate surface area is 130 Å². The predicted molar refractivity (Wildman–Crippen MR) is 85.3 cm³/mol. The number of anilines is 1. The Morgan fingerprint density at radius 2 is 2.18 bits per heavy atom. The SMILES string of the molecule is CCn1cc(CNc2cc(C)cc(C(=O)O)c2)c(C2CC2)n1. The van der Waals surface area contributed by atoms with Crippen LogP contribution in [0.25, 0.3) is 0 Å². The average Bonchev–Trinajstić information content (AvgIpc) is 3.25. The van der Waals surface area contributed by atoms with Gasteiger partial charge in [0.25, 0.3) is 0 Å². The molecule has 1 saturated carbocycles. The molecule has 1 fully saturated rings. The van der Waals surface area contributed by atoms with Gasteiger partial charge in [0, 0.05) is 36.5 Å². The van der Waals surface area contributed by atoms with E-state index in [0.29, 0.717) is 18.0 Å². The Morgan fingerprint density at radius 3 is 2.82 bits per heavy atom. The topological polar surface area (TPSA) is 67.2 Å². The second-order valence-corrected chi connectivity index (χ2v) is 5.92. The minimum absolute atomic E-state index is 0.314. The molecule has 0 spiro atoms. The van der Waals surface area contributed by atoms with E-state index in [2.05, 4.69) is 23.5 Å². The highest BCUT2D eigenvalue weighted by molar-refractivity contribution is 5.89. The molecule has 5 heteroatoms. The minimum atomic E-state index is -0.899. The lowest BCUT2D eigenvalue weighted by Crippen LogP contribution is -2.04. The lowest BCUT2D eigenvalue weighted by atomic mass is 10.1. The number of nitrogens with one attached hydrogen (secondary N) is 1. The van der Waals surface area contributed by atoms with Gasteiger partial charge in [-0.05, 0) is 50.5 Å². The van der Waals surface area contributed by atoms with Crippen LogP contribution in [0.4, 0.5) is 5.69 Å². The number of hydrogen-bond donors (Lipinski definition) is 2. The van der Waals surface area contributed by atoms with E-state index in [1.165, 1.54) is 24.1 Å².